The molecule has 0 saturated carbocycles. The summed E-state index contributed by atoms with van der Waals surface area (Å²) in [4.78, 5) is 14.2. The average Bonchev–Trinajstić information content (AvgIpc) is 2.99. The van der Waals surface area contributed by atoms with Gasteiger partial charge in [-0.1, -0.05) is 11.6 Å². The number of ether oxygens (including phenoxy) is 1. The van der Waals surface area contributed by atoms with Crippen molar-refractivity contribution in [3.05, 3.63) is 34.4 Å². The van der Waals surface area contributed by atoms with Crippen LogP contribution < -0.4 is 0 Å². The molecule has 2 aliphatic heterocycles. The van der Waals surface area contributed by atoms with E-state index in [4.69, 9.17) is 16.3 Å². The minimum Gasteiger partial charge on any atom is -0.383 e. The highest BCUT2D eigenvalue weighted by Gasteiger charge is 2.49. The highest BCUT2D eigenvalue weighted by molar-refractivity contribution is 7.88. The van der Waals surface area contributed by atoms with Crippen LogP contribution in [0.4, 0.5) is 8.78 Å². The summed E-state index contributed by atoms with van der Waals surface area (Å²) < 4.78 is 58.4. The van der Waals surface area contributed by atoms with Crippen molar-refractivity contribution in [1.29, 1.82) is 0 Å². The molecule has 28 heavy (non-hydrogen) atoms. The molecule has 2 heterocycles. The molecule has 1 amide bonds. The Morgan fingerprint density at radius 2 is 1.96 bits per heavy atom. The summed E-state index contributed by atoms with van der Waals surface area (Å²) in [5, 5.41) is -0.693. The van der Waals surface area contributed by atoms with Gasteiger partial charge in [-0.3, -0.25) is 4.79 Å². The van der Waals surface area contributed by atoms with Crippen LogP contribution in [0.2, 0.25) is 5.02 Å². The number of benzene rings is 1. The largest absolute Gasteiger partial charge is 0.383 e. The van der Waals surface area contributed by atoms with Gasteiger partial charge in [-0.15, -0.1) is 0 Å². The second-order valence-electron chi connectivity index (χ2n) is 7.64. The van der Waals surface area contributed by atoms with E-state index in [-0.39, 0.29) is 17.0 Å². The standard InChI is InChI=1S/C18H23ClF2N2O4S/c1-27-10-12-9-18(11-23(12)28(2,25)26)5-7-22(8-6-18)17(24)13-3-4-14(20)15(19)16(13)21/h3-4,12H,5-11H2,1-2H3/t12-/m0/s1. The first-order valence-electron chi connectivity index (χ1n) is 8.96. The van der Waals surface area contributed by atoms with Gasteiger partial charge in [-0.25, -0.2) is 17.2 Å². The molecule has 2 fully saturated rings. The van der Waals surface area contributed by atoms with E-state index in [9.17, 15) is 22.0 Å². The molecular weight excluding hydrogens is 414 g/mol. The second-order valence-corrected chi connectivity index (χ2v) is 9.95. The minimum atomic E-state index is -3.36. The normalized spacial score (nSPS) is 22.8. The van der Waals surface area contributed by atoms with E-state index >= 15 is 0 Å². The van der Waals surface area contributed by atoms with Crippen molar-refractivity contribution in [3.63, 3.8) is 0 Å². The quantitative estimate of drug-likeness (QED) is 0.680. The number of sulfonamides is 1. The van der Waals surface area contributed by atoms with Crippen molar-refractivity contribution in [3.8, 4) is 0 Å². The maximum atomic E-state index is 14.2. The van der Waals surface area contributed by atoms with Gasteiger partial charge >= 0.3 is 0 Å². The third-order valence-electron chi connectivity index (χ3n) is 5.73. The van der Waals surface area contributed by atoms with Crippen molar-refractivity contribution in [1.82, 2.24) is 9.21 Å². The molecule has 2 aliphatic rings. The molecule has 0 aromatic heterocycles. The number of hydrogen-bond donors (Lipinski definition) is 0. The van der Waals surface area contributed by atoms with Gasteiger partial charge in [-0.2, -0.15) is 4.31 Å². The third-order valence-corrected chi connectivity index (χ3v) is 7.35. The predicted molar refractivity (Wildman–Crippen MR) is 101 cm³/mol. The Kier molecular flexibility index (Phi) is 6.01. The van der Waals surface area contributed by atoms with Crippen molar-refractivity contribution in [2.24, 2.45) is 5.41 Å². The van der Waals surface area contributed by atoms with E-state index in [2.05, 4.69) is 0 Å². The van der Waals surface area contributed by atoms with Crippen LogP contribution in [-0.4, -0.2) is 69.2 Å². The Hall–Kier alpha value is -1.29. The minimum absolute atomic E-state index is 0.226. The molecule has 1 atom stereocenters. The van der Waals surface area contributed by atoms with Gasteiger partial charge in [0.15, 0.2) is 5.82 Å². The van der Waals surface area contributed by atoms with E-state index in [0.29, 0.717) is 45.5 Å². The summed E-state index contributed by atoms with van der Waals surface area (Å²) in [5.41, 5.74) is -0.494. The highest BCUT2D eigenvalue weighted by Crippen LogP contribution is 2.44. The fourth-order valence-corrected chi connectivity index (χ4v) is 5.61. The van der Waals surface area contributed by atoms with E-state index in [1.165, 1.54) is 22.6 Å². The zero-order valence-corrected chi connectivity index (χ0v) is 17.3. The molecule has 1 aromatic carbocycles. The zero-order valence-electron chi connectivity index (χ0n) is 15.8. The molecule has 0 bridgehead atoms. The van der Waals surface area contributed by atoms with Crippen molar-refractivity contribution in [2.45, 2.75) is 25.3 Å². The summed E-state index contributed by atoms with van der Waals surface area (Å²) in [5.74, 6) is -2.51. The Labute approximate surface area is 168 Å². The molecule has 10 heteroatoms. The highest BCUT2D eigenvalue weighted by atomic mass is 35.5. The molecule has 0 aliphatic carbocycles. The monoisotopic (exact) mass is 436 g/mol. The smallest absolute Gasteiger partial charge is 0.256 e. The predicted octanol–water partition coefficient (Wildman–Crippen LogP) is 2.52. The fourth-order valence-electron chi connectivity index (χ4n) is 4.26. The Bertz CT molecular complexity index is 873. The molecule has 6 nitrogen and oxygen atoms in total. The molecule has 0 N–H and O–H groups in total. The summed E-state index contributed by atoms with van der Waals surface area (Å²) in [6.45, 7) is 1.44. The van der Waals surface area contributed by atoms with Crippen molar-refractivity contribution in [2.75, 3.05) is 39.6 Å². The number of amides is 1. The summed E-state index contributed by atoms with van der Waals surface area (Å²) >= 11 is 5.57. The van der Waals surface area contributed by atoms with Gasteiger partial charge < -0.3 is 9.64 Å². The number of halogens is 3. The molecule has 1 spiro atoms. The number of hydrogen-bond acceptors (Lipinski definition) is 4. The van der Waals surface area contributed by atoms with Crippen LogP contribution in [0.25, 0.3) is 0 Å². The molecule has 0 radical (unpaired) electrons. The summed E-state index contributed by atoms with van der Waals surface area (Å²) in [6.07, 6.45) is 3.05. The maximum Gasteiger partial charge on any atom is 0.256 e. The van der Waals surface area contributed by atoms with Crippen LogP contribution in [-0.2, 0) is 14.8 Å². The van der Waals surface area contributed by atoms with Gasteiger partial charge in [0.1, 0.15) is 10.8 Å². The molecule has 156 valence electrons. The van der Waals surface area contributed by atoms with Crippen LogP contribution in [0.15, 0.2) is 12.1 Å². The van der Waals surface area contributed by atoms with E-state index in [1.54, 1.807) is 0 Å². The Morgan fingerprint density at radius 3 is 2.54 bits per heavy atom. The first-order chi connectivity index (χ1) is 13.1. The number of nitrogens with zero attached hydrogens (tertiary/aromatic N) is 2. The van der Waals surface area contributed by atoms with E-state index < -0.39 is 32.6 Å². The van der Waals surface area contributed by atoms with Gasteiger partial charge in [0, 0.05) is 32.8 Å². The Morgan fingerprint density at radius 1 is 1.32 bits per heavy atom. The fraction of sp³-hybridized carbons (Fsp3) is 0.611. The number of carbonyl (C=O) groups is 1. The number of carbonyl (C=O) groups excluding carboxylic acids is 1. The van der Waals surface area contributed by atoms with Crippen LogP contribution in [0.3, 0.4) is 0 Å². The lowest BCUT2D eigenvalue weighted by molar-refractivity contribution is 0.0590. The molecule has 2 saturated heterocycles. The SMILES string of the molecule is COC[C@@H]1CC2(CCN(C(=O)c3ccc(F)c(Cl)c3F)CC2)CN1S(C)(=O)=O. The van der Waals surface area contributed by atoms with Crippen molar-refractivity contribution >= 4 is 27.5 Å². The first kappa shape index (κ1) is 21.4. The number of likely N-dealkylation sites (tertiary alicyclic amines) is 1. The van der Waals surface area contributed by atoms with Gasteiger partial charge in [0.25, 0.3) is 5.91 Å². The maximum absolute atomic E-state index is 14.2. The average molecular weight is 437 g/mol. The number of rotatable bonds is 4. The lowest BCUT2D eigenvalue weighted by Crippen LogP contribution is -2.45. The second kappa shape index (κ2) is 7.85. The van der Waals surface area contributed by atoms with Crippen LogP contribution in [0.5, 0.6) is 0 Å². The Balaban J connectivity index is 1.72. The van der Waals surface area contributed by atoms with Gasteiger partial charge in [0.05, 0.1) is 18.4 Å². The third kappa shape index (κ3) is 4.03. The zero-order chi connectivity index (χ0) is 20.7. The molecule has 1 aromatic rings. The summed E-state index contributed by atoms with van der Waals surface area (Å²) in [6, 6.07) is 1.84. The van der Waals surface area contributed by atoms with Crippen molar-refractivity contribution < 1.29 is 26.7 Å². The van der Waals surface area contributed by atoms with E-state index in [0.717, 1.165) is 12.1 Å². The number of piperidine rings is 1. The van der Waals surface area contributed by atoms with Gasteiger partial charge in [0.2, 0.25) is 10.0 Å². The molecule has 0 unspecified atom stereocenters. The first-order valence-corrected chi connectivity index (χ1v) is 11.2. The van der Waals surface area contributed by atoms with Crippen LogP contribution in [0, 0.1) is 17.0 Å². The summed E-state index contributed by atoms with van der Waals surface area (Å²) in [7, 11) is -1.83. The van der Waals surface area contributed by atoms with Crippen LogP contribution in [0.1, 0.15) is 29.6 Å². The topological polar surface area (TPSA) is 66.9 Å². The van der Waals surface area contributed by atoms with E-state index in [1.807, 2.05) is 0 Å². The molecular formula is C18H23ClF2N2O4S. The number of methoxy groups -OCH3 is 1. The lowest BCUT2D eigenvalue weighted by Gasteiger charge is -2.39. The van der Waals surface area contributed by atoms with Gasteiger partial charge in [-0.05, 0) is 36.8 Å². The van der Waals surface area contributed by atoms with Crippen LogP contribution >= 0.6 is 11.6 Å². The lowest BCUT2D eigenvalue weighted by atomic mass is 9.76. The molecule has 3 rings (SSSR count).